The molecule has 4 rings (SSSR count). The number of piperidine rings is 1. The predicted molar refractivity (Wildman–Crippen MR) is 124 cm³/mol. The van der Waals surface area contributed by atoms with E-state index in [9.17, 15) is 9.59 Å². The summed E-state index contributed by atoms with van der Waals surface area (Å²) in [5.74, 6) is 0.354. The summed E-state index contributed by atoms with van der Waals surface area (Å²) in [4.78, 5) is 45.3. The average Bonchev–Trinajstić information content (AvgIpc) is 2.89. The number of aromatic nitrogens is 4. The third-order valence-corrected chi connectivity index (χ3v) is 6.14. The second-order valence-electron chi connectivity index (χ2n) is 8.25. The standard InChI is InChI=1S/C25H27N5O4/c1-16-7-8-17(14-19-21(25(32)34-3)20(33-2)9-13-26-19)15-30(16)24(31)22-18(6-4-10-27-22)23-28-11-5-12-29-23/h4-6,9-13,16-17H,7-8,14-15H2,1-3H3/t16-,17+/m1/s1. The van der Waals surface area contributed by atoms with Crippen molar-refractivity contribution in [2.24, 2.45) is 5.92 Å². The van der Waals surface area contributed by atoms with Crippen molar-refractivity contribution in [2.75, 3.05) is 20.8 Å². The fourth-order valence-corrected chi connectivity index (χ4v) is 4.37. The number of nitrogens with zero attached hydrogens (tertiary/aromatic N) is 5. The van der Waals surface area contributed by atoms with Crippen molar-refractivity contribution < 1.29 is 19.1 Å². The fraction of sp³-hybridized carbons (Fsp3) is 0.360. The van der Waals surface area contributed by atoms with Crippen LogP contribution in [0, 0.1) is 5.92 Å². The Balaban J connectivity index is 1.59. The normalized spacial score (nSPS) is 17.8. The number of ether oxygens (including phenoxy) is 2. The third kappa shape index (κ3) is 4.73. The average molecular weight is 462 g/mol. The van der Waals surface area contributed by atoms with Crippen LogP contribution in [0.4, 0.5) is 0 Å². The van der Waals surface area contributed by atoms with E-state index in [2.05, 4.69) is 19.9 Å². The number of carbonyl (C=O) groups excluding carboxylic acids is 2. The van der Waals surface area contributed by atoms with E-state index in [1.54, 1.807) is 43.0 Å². The summed E-state index contributed by atoms with van der Waals surface area (Å²) < 4.78 is 10.3. The first-order valence-electron chi connectivity index (χ1n) is 11.2. The monoisotopic (exact) mass is 461 g/mol. The van der Waals surface area contributed by atoms with Crippen LogP contribution in [0.3, 0.4) is 0 Å². The zero-order valence-corrected chi connectivity index (χ0v) is 19.5. The van der Waals surface area contributed by atoms with Crippen molar-refractivity contribution in [3.05, 3.63) is 66.0 Å². The van der Waals surface area contributed by atoms with Crippen LogP contribution in [-0.4, -0.2) is 63.5 Å². The van der Waals surface area contributed by atoms with Crippen molar-refractivity contribution >= 4 is 11.9 Å². The van der Waals surface area contributed by atoms with Crippen LogP contribution < -0.4 is 4.74 Å². The van der Waals surface area contributed by atoms with Crippen LogP contribution in [0.2, 0.25) is 0 Å². The first kappa shape index (κ1) is 23.3. The molecule has 1 fully saturated rings. The molecule has 0 unspecified atom stereocenters. The van der Waals surface area contributed by atoms with Crippen LogP contribution >= 0.6 is 0 Å². The van der Waals surface area contributed by atoms with Gasteiger partial charge in [0.25, 0.3) is 5.91 Å². The number of rotatable bonds is 6. The quantitative estimate of drug-likeness (QED) is 0.515. The summed E-state index contributed by atoms with van der Waals surface area (Å²) in [6.45, 7) is 2.56. The van der Waals surface area contributed by atoms with Crippen LogP contribution in [-0.2, 0) is 11.2 Å². The van der Waals surface area contributed by atoms with Crippen LogP contribution in [0.15, 0.2) is 49.1 Å². The Morgan fingerprint density at radius 1 is 1.00 bits per heavy atom. The first-order chi connectivity index (χ1) is 16.5. The summed E-state index contributed by atoms with van der Waals surface area (Å²) in [5.41, 5.74) is 1.87. The Morgan fingerprint density at radius 3 is 2.50 bits per heavy atom. The topological polar surface area (TPSA) is 107 Å². The summed E-state index contributed by atoms with van der Waals surface area (Å²) >= 11 is 0. The van der Waals surface area contributed by atoms with Gasteiger partial charge in [-0.1, -0.05) is 0 Å². The molecular formula is C25H27N5O4. The van der Waals surface area contributed by atoms with Gasteiger partial charge in [0, 0.05) is 37.4 Å². The minimum Gasteiger partial charge on any atom is -0.496 e. The van der Waals surface area contributed by atoms with Crippen molar-refractivity contribution in [2.45, 2.75) is 32.2 Å². The molecule has 0 radical (unpaired) electrons. The smallest absolute Gasteiger partial charge is 0.343 e. The minimum absolute atomic E-state index is 0.0497. The van der Waals surface area contributed by atoms with Gasteiger partial charge < -0.3 is 14.4 Å². The van der Waals surface area contributed by atoms with Crippen molar-refractivity contribution in [3.8, 4) is 17.1 Å². The van der Waals surface area contributed by atoms with Gasteiger partial charge >= 0.3 is 5.97 Å². The number of likely N-dealkylation sites (tertiary alicyclic amines) is 1. The van der Waals surface area contributed by atoms with Gasteiger partial charge in [0.1, 0.15) is 17.0 Å². The molecule has 0 aromatic carbocycles. The number of amides is 1. The van der Waals surface area contributed by atoms with Gasteiger partial charge in [0.05, 0.1) is 25.5 Å². The molecule has 176 valence electrons. The first-order valence-corrected chi connectivity index (χ1v) is 11.2. The maximum atomic E-state index is 13.6. The molecule has 1 aliphatic rings. The minimum atomic E-state index is -0.488. The third-order valence-electron chi connectivity index (χ3n) is 6.14. The molecule has 9 heteroatoms. The highest BCUT2D eigenvalue weighted by Gasteiger charge is 2.33. The van der Waals surface area contributed by atoms with Crippen molar-refractivity contribution in [1.29, 1.82) is 0 Å². The second kappa shape index (κ2) is 10.4. The van der Waals surface area contributed by atoms with Gasteiger partial charge in [-0.25, -0.2) is 14.8 Å². The Labute approximate surface area is 198 Å². The lowest BCUT2D eigenvalue weighted by Gasteiger charge is -2.38. The molecule has 0 saturated carbocycles. The maximum absolute atomic E-state index is 13.6. The van der Waals surface area contributed by atoms with E-state index in [1.165, 1.54) is 14.2 Å². The van der Waals surface area contributed by atoms with Gasteiger partial charge in [0.2, 0.25) is 0 Å². The molecule has 9 nitrogen and oxygen atoms in total. The van der Waals surface area contributed by atoms with E-state index in [0.717, 1.165) is 12.8 Å². The molecule has 34 heavy (non-hydrogen) atoms. The fourth-order valence-electron chi connectivity index (χ4n) is 4.37. The predicted octanol–water partition coefficient (Wildman–Crippen LogP) is 3.21. The Kier molecular flexibility index (Phi) is 7.10. The Morgan fingerprint density at radius 2 is 1.76 bits per heavy atom. The summed E-state index contributed by atoms with van der Waals surface area (Å²) in [6, 6.07) is 7.00. The summed E-state index contributed by atoms with van der Waals surface area (Å²) in [5, 5.41) is 0. The molecule has 1 aliphatic heterocycles. The number of hydrogen-bond acceptors (Lipinski definition) is 8. The van der Waals surface area contributed by atoms with Crippen LogP contribution in [0.25, 0.3) is 11.4 Å². The van der Waals surface area contributed by atoms with Gasteiger partial charge in [-0.3, -0.25) is 14.8 Å². The number of methoxy groups -OCH3 is 2. The molecule has 4 heterocycles. The molecule has 0 N–H and O–H groups in total. The molecule has 3 aromatic rings. The van der Waals surface area contributed by atoms with Gasteiger partial charge in [-0.05, 0) is 56.4 Å². The molecule has 0 aliphatic carbocycles. The summed E-state index contributed by atoms with van der Waals surface area (Å²) in [7, 11) is 2.84. The van der Waals surface area contributed by atoms with Crippen LogP contribution in [0.1, 0.15) is 46.3 Å². The molecule has 0 spiro atoms. The lowest BCUT2D eigenvalue weighted by Crippen LogP contribution is -2.46. The molecule has 0 bridgehead atoms. The number of pyridine rings is 2. The summed E-state index contributed by atoms with van der Waals surface area (Å²) in [6.07, 6.45) is 8.77. The van der Waals surface area contributed by atoms with Gasteiger partial charge in [-0.15, -0.1) is 0 Å². The molecular weight excluding hydrogens is 434 g/mol. The molecule has 1 amide bonds. The highest BCUT2D eigenvalue weighted by Crippen LogP contribution is 2.30. The second-order valence-corrected chi connectivity index (χ2v) is 8.25. The molecule has 2 atom stereocenters. The molecule has 1 saturated heterocycles. The zero-order chi connectivity index (χ0) is 24.1. The van der Waals surface area contributed by atoms with E-state index in [4.69, 9.17) is 9.47 Å². The molecule has 3 aromatic heterocycles. The van der Waals surface area contributed by atoms with Crippen LogP contribution in [0.5, 0.6) is 5.75 Å². The van der Waals surface area contributed by atoms with E-state index in [1.807, 2.05) is 17.9 Å². The van der Waals surface area contributed by atoms with Gasteiger partial charge in [-0.2, -0.15) is 0 Å². The largest absolute Gasteiger partial charge is 0.496 e. The zero-order valence-electron chi connectivity index (χ0n) is 19.5. The van der Waals surface area contributed by atoms with E-state index < -0.39 is 5.97 Å². The number of carbonyl (C=O) groups is 2. The highest BCUT2D eigenvalue weighted by molar-refractivity contribution is 5.98. The lowest BCUT2D eigenvalue weighted by atomic mass is 9.88. The number of hydrogen-bond donors (Lipinski definition) is 0. The SMILES string of the molecule is COC(=O)c1c(OC)ccnc1C[C@@H]1CC[C@@H](C)N(C(=O)c2ncccc2-c2ncccn2)C1. The van der Waals surface area contributed by atoms with E-state index >= 15 is 0 Å². The maximum Gasteiger partial charge on any atom is 0.343 e. The highest BCUT2D eigenvalue weighted by atomic mass is 16.5. The van der Waals surface area contributed by atoms with Gasteiger partial charge in [0.15, 0.2) is 5.82 Å². The Hall–Kier alpha value is -3.88. The van der Waals surface area contributed by atoms with E-state index in [0.29, 0.717) is 47.1 Å². The van der Waals surface area contributed by atoms with Crippen molar-refractivity contribution in [3.63, 3.8) is 0 Å². The van der Waals surface area contributed by atoms with E-state index in [-0.39, 0.29) is 17.9 Å². The lowest BCUT2D eigenvalue weighted by molar-refractivity contribution is 0.0544. The van der Waals surface area contributed by atoms with Crippen molar-refractivity contribution in [1.82, 2.24) is 24.8 Å². The Bertz CT molecular complexity index is 1170. The number of esters is 1.